The number of aromatic hydroxyl groups is 1. The lowest BCUT2D eigenvalue weighted by Gasteiger charge is -2.09. The van der Waals surface area contributed by atoms with Gasteiger partial charge in [-0.3, -0.25) is 9.59 Å². The average molecular weight is 411 g/mol. The van der Waals surface area contributed by atoms with Crippen LogP contribution in [0.2, 0.25) is 0 Å². The van der Waals surface area contributed by atoms with E-state index in [1.54, 1.807) is 32.0 Å². The number of ether oxygens (including phenoxy) is 2. The first-order chi connectivity index (χ1) is 14.3. The molecule has 30 heavy (non-hydrogen) atoms. The number of nitrogens with one attached hydrogen (secondary N) is 1. The van der Waals surface area contributed by atoms with E-state index in [0.29, 0.717) is 27.8 Å². The quantitative estimate of drug-likeness (QED) is 0.572. The molecule has 3 aromatic rings. The molecule has 2 aromatic carbocycles. The fraction of sp³-hybridized carbons (Fsp3) is 0.227. The molecule has 2 N–H and O–H groups in total. The van der Waals surface area contributed by atoms with Gasteiger partial charge in [-0.1, -0.05) is 0 Å². The monoisotopic (exact) mass is 411 g/mol. The van der Waals surface area contributed by atoms with Crippen LogP contribution in [0.4, 0.5) is 5.69 Å². The summed E-state index contributed by atoms with van der Waals surface area (Å²) in [6.45, 7) is 3.06. The Hall–Kier alpha value is -3.81. The van der Waals surface area contributed by atoms with Crippen LogP contribution in [0, 0.1) is 0 Å². The molecule has 0 bridgehead atoms. The summed E-state index contributed by atoms with van der Waals surface area (Å²) >= 11 is 0. The molecule has 0 aliphatic carbocycles. The van der Waals surface area contributed by atoms with Crippen LogP contribution in [0.15, 0.2) is 53.1 Å². The lowest BCUT2D eigenvalue weighted by Crippen LogP contribution is -2.21. The van der Waals surface area contributed by atoms with Gasteiger partial charge in [0.1, 0.15) is 11.3 Å². The van der Waals surface area contributed by atoms with Crippen molar-refractivity contribution >= 4 is 34.5 Å². The summed E-state index contributed by atoms with van der Waals surface area (Å²) in [5.41, 5.74) is 1.88. The summed E-state index contributed by atoms with van der Waals surface area (Å²) in [6.07, 6.45) is 1.12. The van der Waals surface area contributed by atoms with Crippen molar-refractivity contribution in [3.8, 4) is 5.75 Å². The molecule has 0 spiro atoms. The molecule has 0 saturated heterocycles. The van der Waals surface area contributed by atoms with Crippen LogP contribution in [0.3, 0.4) is 0 Å². The first-order valence-corrected chi connectivity index (χ1v) is 9.27. The Morgan fingerprint density at radius 3 is 2.53 bits per heavy atom. The number of carbonyl (C=O) groups excluding carboxylic acids is 3. The zero-order valence-corrected chi connectivity index (χ0v) is 16.5. The van der Waals surface area contributed by atoms with Crippen LogP contribution in [0.25, 0.3) is 11.0 Å². The summed E-state index contributed by atoms with van der Waals surface area (Å²) in [5.74, 6) is -1.48. The predicted molar refractivity (Wildman–Crippen MR) is 108 cm³/mol. The van der Waals surface area contributed by atoms with Gasteiger partial charge in [-0.2, -0.15) is 0 Å². The molecule has 8 nitrogen and oxygen atoms in total. The third kappa shape index (κ3) is 5.38. The molecule has 0 radical (unpaired) electrons. The number of phenols is 1. The molecule has 3 rings (SSSR count). The predicted octanol–water partition coefficient (Wildman–Crippen LogP) is 3.43. The largest absolute Gasteiger partial charge is 0.508 e. The minimum absolute atomic E-state index is 0.0625. The van der Waals surface area contributed by atoms with Gasteiger partial charge in [0.05, 0.1) is 24.4 Å². The Kier molecular flexibility index (Phi) is 6.36. The van der Waals surface area contributed by atoms with Crippen LogP contribution in [-0.2, 0) is 25.5 Å². The van der Waals surface area contributed by atoms with Gasteiger partial charge in [0.15, 0.2) is 6.61 Å². The minimum Gasteiger partial charge on any atom is -0.508 e. The van der Waals surface area contributed by atoms with Gasteiger partial charge in [0.25, 0.3) is 5.91 Å². The van der Waals surface area contributed by atoms with Crippen molar-refractivity contribution < 1.29 is 33.4 Å². The van der Waals surface area contributed by atoms with E-state index in [-0.39, 0.29) is 18.3 Å². The van der Waals surface area contributed by atoms with Gasteiger partial charge < -0.3 is 24.3 Å². The lowest BCUT2D eigenvalue weighted by atomic mass is 10.1. The first-order valence-electron chi connectivity index (χ1n) is 9.27. The van der Waals surface area contributed by atoms with Crippen LogP contribution in [0.5, 0.6) is 5.75 Å². The fourth-order valence-electron chi connectivity index (χ4n) is 2.73. The standard InChI is InChI=1S/C22H21NO7/c1-13(2)30-22(27)14-3-5-16(6-4-14)23-20(25)12-29-21(26)9-15-11-28-19-10-17(24)7-8-18(15)19/h3-8,10-11,13,24H,9,12H2,1-2H3,(H,23,25). The maximum absolute atomic E-state index is 12.0. The summed E-state index contributed by atoms with van der Waals surface area (Å²) in [7, 11) is 0. The lowest BCUT2D eigenvalue weighted by molar-refractivity contribution is -0.146. The Labute approximate surface area is 172 Å². The second-order valence-electron chi connectivity index (χ2n) is 6.86. The maximum atomic E-state index is 12.0. The minimum atomic E-state index is -0.590. The van der Waals surface area contributed by atoms with E-state index in [2.05, 4.69) is 5.32 Å². The van der Waals surface area contributed by atoms with Gasteiger partial charge in [-0.25, -0.2) is 4.79 Å². The highest BCUT2D eigenvalue weighted by Crippen LogP contribution is 2.25. The molecular formula is C22H21NO7. The number of hydrogen-bond donors (Lipinski definition) is 2. The third-order valence-corrected chi connectivity index (χ3v) is 4.09. The van der Waals surface area contributed by atoms with Gasteiger partial charge >= 0.3 is 11.9 Å². The smallest absolute Gasteiger partial charge is 0.338 e. The summed E-state index contributed by atoms with van der Waals surface area (Å²) in [4.78, 5) is 35.9. The molecule has 0 fully saturated rings. The molecule has 0 unspecified atom stereocenters. The first kappa shape index (κ1) is 20.9. The number of hydrogen-bond acceptors (Lipinski definition) is 7. The Morgan fingerprint density at radius 1 is 1.10 bits per heavy atom. The highest BCUT2D eigenvalue weighted by molar-refractivity contribution is 5.94. The maximum Gasteiger partial charge on any atom is 0.338 e. The summed E-state index contributed by atoms with van der Waals surface area (Å²) in [5, 5.41) is 12.7. The topological polar surface area (TPSA) is 115 Å². The number of furan rings is 1. The summed E-state index contributed by atoms with van der Waals surface area (Å²) in [6, 6.07) is 10.8. The van der Waals surface area contributed by atoms with Crippen molar-refractivity contribution in [2.24, 2.45) is 0 Å². The molecule has 1 amide bonds. The highest BCUT2D eigenvalue weighted by Gasteiger charge is 2.14. The van der Waals surface area contributed by atoms with Crippen molar-refractivity contribution in [3.05, 3.63) is 59.9 Å². The zero-order valence-electron chi connectivity index (χ0n) is 16.5. The Morgan fingerprint density at radius 2 is 1.83 bits per heavy atom. The normalized spacial score (nSPS) is 10.8. The molecule has 0 saturated carbocycles. The van der Waals surface area contributed by atoms with Crippen LogP contribution in [0.1, 0.15) is 29.8 Å². The zero-order chi connectivity index (χ0) is 21.7. The van der Waals surface area contributed by atoms with Gasteiger partial charge in [0.2, 0.25) is 0 Å². The van der Waals surface area contributed by atoms with E-state index in [4.69, 9.17) is 13.9 Å². The van der Waals surface area contributed by atoms with E-state index >= 15 is 0 Å². The van der Waals surface area contributed by atoms with Crippen molar-refractivity contribution in [2.75, 3.05) is 11.9 Å². The number of rotatable bonds is 7. The average Bonchev–Trinajstić information content (AvgIpc) is 3.08. The van der Waals surface area contributed by atoms with Crippen molar-refractivity contribution in [1.82, 2.24) is 0 Å². The van der Waals surface area contributed by atoms with E-state index in [0.717, 1.165) is 0 Å². The summed E-state index contributed by atoms with van der Waals surface area (Å²) < 4.78 is 15.4. The third-order valence-electron chi connectivity index (χ3n) is 4.09. The van der Waals surface area contributed by atoms with Crippen LogP contribution in [-0.4, -0.2) is 35.7 Å². The number of anilines is 1. The number of amides is 1. The molecule has 1 heterocycles. The van der Waals surface area contributed by atoms with Crippen molar-refractivity contribution in [3.63, 3.8) is 0 Å². The van der Waals surface area contributed by atoms with Crippen LogP contribution >= 0.6 is 0 Å². The number of esters is 2. The van der Waals surface area contributed by atoms with E-state index in [9.17, 15) is 19.5 Å². The van der Waals surface area contributed by atoms with Gasteiger partial charge in [-0.05, 0) is 50.2 Å². The Balaban J connectivity index is 1.49. The molecule has 0 atom stereocenters. The van der Waals surface area contributed by atoms with Crippen LogP contribution < -0.4 is 5.32 Å². The molecule has 8 heteroatoms. The number of phenolic OH excluding ortho intramolecular Hbond substituents is 1. The highest BCUT2D eigenvalue weighted by atomic mass is 16.5. The Bertz CT molecular complexity index is 1070. The van der Waals surface area contributed by atoms with E-state index < -0.39 is 24.5 Å². The van der Waals surface area contributed by atoms with Crippen molar-refractivity contribution in [1.29, 1.82) is 0 Å². The molecule has 0 aliphatic rings. The number of benzene rings is 2. The van der Waals surface area contributed by atoms with Gasteiger partial charge in [-0.15, -0.1) is 0 Å². The molecule has 156 valence electrons. The van der Waals surface area contributed by atoms with Gasteiger partial charge in [0, 0.05) is 22.7 Å². The fourth-order valence-corrected chi connectivity index (χ4v) is 2.73. The molecule has 0 aliphatic heterocycles. The van der Waals surface area contributed by atoms with E-state index in [1.165, 1.54) is 30.5 Å². The molecule has 1 aromatic heterocycles. The van der Waals surface area contributed by atoms with Crippen molar-refractivity contribution in [2.45, 2.75) is 26.4 Å². The molecular weight excluding hydrogens is 390 g/mol. The number of fused-ring (bicyclic) bond motifs is 1. The SMILES string of the molecule is CC(C)OC(=O)c1ccc(NC(=O)COC(=O)Cc2coc3cc(O)ccc23)cc1. The second kappa shape index (κ2) is 9.13. The second-order valence-corrected chi connectivity index (χ2v) is 6.86. The van der Waals surface area contributed by atoms with E-state index in [1.807, 2.05) is 0 Å². The number of carbonyl (C=O) groups is 3.